The summed E-state index contributed by atoms with van der Waals surface area (Å²) in [6, 6.07) is 10.2. The molecule has 0 spiro atoms. The highest BCUT2D eigenvalue weighted by Gasteiger charge is 2.02. The van der Waals surface area contributed by atoms with Crippen LogP contribution in [0.4, 0.5) is 0 Å². The fourth-order valence-corrected chi connectivity index (χ4v) is 1.74. The second-order valence-corrected chi connectivity index (χ2v) is 4.33. The minimum absolute atomic E-state index is 0. The molecular formula is C14H21IN6. The van der Waals surface area contributed by atoms with Gasteiger partial charge in [-0.25, -0.2) is 9.98 Å². The Bertz CT molecular complexity index is 552. The van der Waals surface area contributed by atoms with Gasteiger partial charge in [-0.1, -0.05) is 30.3 Å². The van der Waals surface area contributed by atoms with Crippen molar-refractivity contribution in [3.63, 3.8) is 0 Å². The van der Waals surface area contributed by atoms with Crippen LogP contribution in [0.3, 0.4) is 0 Å². The molecule has 21 heavy (non-hydrogen) atoms. The minimum atomic E-state index is 0. The van der Waals surface area contributed by atoms with Gasteiger partial charge in [0.25, 0.3) is 0 Å². The average molecular weight is 400 g/mol. The maximum Gasteiger partial charge on any atom is 0.191 e. The number of aliphatic imine (C=N–C) groups is 1. The summed E-state index contributed by atoms with van der Waals surface area (Å²) in [6.45, 7) is 4.10. The second-order valence-electron chi connectivity index (χ2n) is 4.33. The minimum Gasteiger partial charge on any atom is -0.357 e. The summed E-state index contributed by atoms with van der Waals surface area (Å²) in [5.41, 5.74) is 1.18. The largest absolute Gasteiger partial charge is 0.357 e. The molecular weight excluding hydrogens is 379 g/mol. The van der Waals surface area contributed by atoms with Gasteiger partial charge in [0.15, 0.2) is 5.96 Å². The lowest BCUT2D eigenvalue weighted by atomic mass is 10.2. The van der Waals surface area contributed by atoms with Gasteiger partial charge >= 0.3 is 0 Å². The Kier molecular flexibility index (Phi) is 7.73. The first-order valence-electron chi connectivity index (χ1n) is 6.68. The van der Waals surface area contributed by atoms with Gasteiger partial charge in [-0.05, 0) is 12.5 Å². The molecule has 0 atom stereocenters. The normalized spacial score (nSPS) is 10.9. The Morgan fingerprint density at radius 3 is 2.62 bits per heavy atom. The van der Waals surface area contributed by atoms with Crippen LogP contribution in [0.2, 0.25) is 0 Å². The summed E-state index contributed by atoms with van der Waals surface area (Å²) in [7, 11) is 1.87. The SMILES string of the molecule is CCNC(=NCc1ccccc1)NCc1ncnn1C.I. The van der Waals surface area contributed by atoms with Crippen LogP contribution in [0, 0.1) is 0 Å². The van der Waals surface area contributed by atoms with Gasteiger partial charge in [-0.3, -0.25) is 4.68 Å². The maximum atomic E-state index is 4.55. The number of guanidine groups is 1. The molecule has 1 aromatic heterocycles. The number of hydrogen-bond donors (Lipinski definition) is 2. The number of rotatable bonds is 5. The van der Waals surface area contributed by atoms with Crippen LogP contribution in [0.15, 0.2) is 41.7 Å². The molecule has 2 N–H and O–H groups in total. The molecule has 0 aliphatic heterocycles. The molecule has 0 bridgehead atoms. The number of aromatic nitrogens is 3. The third-order valence-electron chi connectivity index (χ3n) is 2.83. The Labute approximate surface area is 142 Å². The van der Waals surface area contributed by atoms with Gasteiger partial charge in [0.2, 0.25) is 0 Å². The van der Waals surface area contributed by atoms with Crippen LogP contribution < -0.4 is 10.6 Å². The van der Waals surface area contributed by atoms with Gasteiger partial charge in [0.05, 0.1) is 13.1 Å². The maximum absolute atomic E-state index is 4.55. The van der Waals surface area contributed by atoms with E-state index in [2.05, 4.69) is 37.8 Å². The van der Waals surface area contributed by atoms with Gasteiger partial charge in [-0.15, -0.1) is 24.0 Å². The molecule has 0 aliphatic rings. The van der Waals surface area contributed by atoms with Crippen LogP contribution in [0.1, 0.15) is 18.3 Å². The number of halogens is 1. The summed E-state index contributed by atoms with van der Waals surface area (Å²) in [5.74, 6) is 1.65. The summed E-state index contributed by atoms with van der Waals surface area (Å²) < 4.78 is 1.74. The van der Waals surface area contributed by atoms with Crippen molar-refractivity contribution in [1.82, 2.24) is 25.4 Å². The van der Waals surface area contributed by atoms with E-state index in [1.807, 2.05) is 32.2 Å². The third kappa shape index (κ3) is 5.70. The number of nitrogens with one attached hydrogen (secondary N) is 2. The van der Waals surface area contributed by atoms with Gasteiger partial charge < -0.3 is 10.6 Å². The zero-order valence-corrected chi connectivity index (χ0v) is 14.6. The monoisotopic (exact) mass is 400 g/mol. The topological polar surface area (TPSA) is 67.1 Å². The predicted octanol–water partition coefficient (Wildman–Crippen LogP) is 1.69. The van der Waals surface area contributed by atoms with Crippen LogP contribution in [0.5, 0.6) is 0 Å². The van der Waals surface area contributed by atoms with Gasteiger partial charge in [0.1, 0.15) is 12.2 Å². The standard InChI is InChI=1S/C14H20N6.HI/c1-3-15-14(16-9-12-7-5-4-6-8-12)17-10-13-18-11-19-20(13)2;/h4-8,11H,3,9-10H2,1-2H3,(H2,15,16,17);1H. The Hall–Kier alpha value is -1.64. The molecule has 0 amide bonds. The highest BCUT2D eigenvalue weighted by Crippen LogP contribution is 2.00. The lowest BCUT2D eigenvalue weighted by Crippen LogP contribution is -2.37. The summed E-state index contributed by atoms with van der Waals surface area (Å²) >= 11 is 0. The summed E-state index contributed by atoms with van der Waals surface area (Å²) in [6.07, 6.45) is 1.55. The van der Waals surface area contributed by atoms with E-state index in [-0.39, 0.29) is 24.0 Å². The van der Waals surface area contributed by atoms with Crippen molar-refractivity contribution in [3.8, 4) is 0 Å². The Morgan fingerprint density at radius 2 is 2.00 bits per heavy atom. The first-order chi connectivity index (χ1) is 9.79. The summed E-state index contributed by atoms with van der Waals surface area (Å²) in [5, 5.41) is 10.5. The lowest BCUT2D eigenvalue weighted by Gasteiger charge is -2.10. The van der Waals surface area contributed by atoms with Crippen molar-refractivity contribution in [2.45, 2.75) is 20.0 Å². The smallest absolute Gasteiger partial charge is 0.191 e. The summed E-state index contributed by atoms with van der Waals surface area (Å²) in [4.78, 5) is 8.72. The zero-order chi connectivity index (χ0) is 14.2. The quantitative estimate of drug-likeness (QED) is 0.456. The number of nitrogens with zero attached hydrogens (tertiary/aromatic N) is 4. The molecule has 0 radical (unpaired) electrons. The van der Waals surface area contributed by atoms with E-state index in [1.54, 1.807) is 11.0 Å². The highest BCUT2D eigenvalue weighted by molar-refractivity contribution is 14.0. The number of aryl methyl sites for hydroxylation is 1. The average Bonchev–Trinajstić information content (AvgIpc) is 2.88. The van der Waals surface area contributed by atoms with E-state index in [4.69, 9.17) is 0 Å². The third-order valence-corrected chi connectivity index (χ3v) is 2.83. The molecule has 1 aromatic carbocycles. The van der Waals surface area contributed by atoms with Crippen molar-refractivity contribution in [3.05, 3.63) is 48.0 Å². The van der Waals surface area contributed by atoms with E-state index in [9.17, 15) is 0 Å². The second kappa shape index (κ2) is 9.32. The van der Waals surface area contributed by atoms with Crippen molar-refractivity contribution in [2.75, 3.05) is 6.54 Å². The van der Waals surface area contributed by atoms with Crippen LogP contribution in [-0.4, -0.2) is 27.3 Å². The molecule has 1 heterocycles. The van der Waals surface area contributed by atoms with Crippen LogP contribution in [-0.2, 0) is 20.1 Å². The van der Waals surface area contributed by atoms with E-state index >= 15 is 0 Å². The van der Waals surface area contributed by atoms with Crippen molar-refractivity contribution < 1.29 is 0 Å². The fraction of sp³-hybridized carbons (Fsp3) is 0.357. The van der Waals surface area contributed by atoms with Crippen LogP contribution >= 0.6 is 24.0 Å². The first kappa shape index (κ1) is 17.4. The number of hydrogen-bond acceptors (Lipinski definition) is 3. The zero-order valence-electron chi connectivity index (χ0n) is 12.3. The molecule has 0 fully saturated rings. The predicted molar refractivity (Wildman–Crippen MR) is 94.5 cm³/mol. The Morgan fingerprint density at radius 1 is 1.24 bits per heavy atom. The van der Waals surface area contributed by atoms with E-state index in [1.165, 1.54) is 5.56 Å². The molecule has 0 unspecified atom stereocenters. The van der Waals surface area contributed by atoms with E-state index in [0.29, 0.717) is 13.1 Å². The first-order valence-corrected chi connectivity index (χ1v) is 6.68. The molecule has 2 aromatic rings. The molecule has 114 valence electrons. The molecule has 0 saturated heterocycles. The van der Waals surface area contributed by atoms with Crippen LogP contribution in [0.25, 0.3) is 0 Å². The van der Waals surface area contributed by atoms with Crippen molar-refractivity contribution in [2.24, 2.45) is 12.0 Å². The molecule has 7 heteroatoms. The van der Waals surface area contributed by atoms with Crippen molar-refractivity contribution in [1.29, 1.82) is 0 Å². The van der Waals surface area contributed by atoms with Gasteiger partial charge in [-0.2, -0.15) is 5.10 Å². The van der Waals surface area contributed by atoms with Crippen molar-refractivity contribution >= 4 is 29.9 Å². The molecule has 0 aliphatic carbocycles. The molecule has 0 saturated carbocycles. The Balaban J connectivity index is 0.00000220. The van der Waals surface area contributed by atoms with E-state index < -0.39 is 0 Å². The molecule has 6 nitrogen and oxygen atoms in total. The fourth-order valence-electron chi connectivity index (χ4n) is 1.74. The highest BCUT2D eigenvalue weighted by atomic mass is 127. The van der Waals surface area contributed by atoms with E-state index in [0.717, 1.165) is 18.3 Å². The number of benzene rings is 1. The molecule has 2 rings (SSSR count). The lowest BCUT2D eigenvalue weighted by molar-refractivity contribution is 0.673. The van der Waals surface area contributed by atoms with Gasteiger partial charge in [0, 0.05) is 13.6 Å².